The highest BCUT2D eigenvalue weighted by Gasteiger charge is 2.66. The summed E-state index contributed by atoms with van der Waals surface area (Å²) < 4.78 is 0. The molecule has 4 rings (SSSR count). The fraction of sp³-hybridized carbons (Fsp3) is 0.737. The Morgan fingerprint density at radius 3 is 2.68 bits per heavy atom. The van der Waals surface area contributed by atoms with Crippen LogP contribution in [0.3, 0.4) is 0 Å². The highest BCUT2D eigenvalue weighted by atomic mass is 16.3. The number of aliphatic hydroxyl groups excluding tert-OH is 1. The third-order valence-electron chi connectivity index (χ3n) is 7.69. The van der Waals surface area contributed by atoms with E-state index >= 15 is 0 Å². The van der Waals surface area contributed by atoms with Crippen LogP contribution in [0.1, 0.15) is 52.4 Å². The summed E-state index contributed by atoms with van der Waals surface area (Å²) in [5, 5.41) is 22.0. The molecule has 3 heteroatoms. The van der Waals surface area contributed by atoms with Gasteiger partial charge in [-0.3, -0.25) is 4.79 Å². The van der Waals surface area contributed by atoms with E-state index in [0.29, 0.717) is 18.8 Å². The van der Waals surface area contributed by atoms with Crippen molar-refractivity contribution in [3.63, 3.8) is 0 Å². The van der Waals surface area contributed by atoms with Crippen LogP contribution in [0.5, 0.6) is 0 Å². The first-order chi connectivity index (χ1) is 10.3. The van der Waals surface area contributed by atoms with E-state index in [9.17, 15) is 15.0 Å². The SMILES string of the molecule is C[C@]12C=CC(=O)C=C1CC[C@H]1[C@H]2CC[C@]2(C)[C@@H](O)CC[C@@]12O. The van der Waals surface area contributed by atoms with E-state index < -0.39 is 5.60 Å². The number of aliphatic hydroxyl groups is 2. The maximum Gasteiger partial charge on any atom is 0.178 e. The number of hydrogen-bond acceptors (Lipinski definition) is 3. The van der Waals surface area contributed by atoms with Crippen LogP contribution in [0.4, 0.5) is 0 Å². The number of fused-ring (bicyclic) bond motifs is 5. The second-order valence-electron chi connectivity index (χ2n) is 8.37. The van der Waals surface area contributed by atoms with Crippen molar-refractivity contribution in [2.75, 3.05) is 0 Å². The summed E-state index contributed by atoms with van der Waals surface area (Å²) in [5.41, 5.74) is 0.0348. The number of carbonyl (C=O) groups is 1. The quantitative estimate of drug-likeness (QED) is 0.723. The summed E-state index contributed by atoms with van der Waals surface area (Å²) in [6, 6.07) is 0. The monoisotopic (exact) mass is 302 g/mol. The van der Waals surface area contributed by atoms with Crippen LogP contribution in [0.15, 0.2) is 23.8 Å². The van der Waals surface area contributed by atoms with Crippen LogP contribution in [0.25, 0.3) is 0 Å². The van der Waals surface area contributed by atoms with Crippen LogP contribution in [-0.4, -0.2) is 27.7 Å². The second-order valence-corrected chi connectivity index (χ2v) is 8.37. The van der Waals surface area contributed by atoms with E-state index in [2.05, 4.69) is 19.9 Å². The minimum Gasteiger partial charge on any atom is -0.392 e. The lowest BCUT2D eigenvalue weighted by Crippen LogP contribution is -2.61. The Kier molecular flexibility index (Phi) is 2.88. The van der Waals surface area contributed by atoms with Gasteiger partial charge in [0.05, 0.1) is 11.7 Å². The van der Waals surface area contributed by atoms with Crippen molar-refractivity contribution in [3.8, 4) is 0 Å². The summed E-state index contributed by atoms with van der Waals surface area (Å²) in [5.74, 6) is 0.699. The molecule has 0 aromatic heterocycles. The third-order valence-corrected chi connectivity index (χ3v) is 7.69. The summed E-state index contributed by atoms with van der Waals surface area (Å²) in [4.78, 5) is 11.7. The highest BCUT2D eigenvalue weighted by Crippen LogP contribution is 2.66. The normalized spacial score (nSPS) is 53.5. The molecule has 6 atom stereocenters. The molecule has 0 saturated heterocycles. The van der Waals surface area contributed by atoms with Gasteiger partial charge in [0.1, 0.15) is 0 Å². The predicted molar refractivity (Wildman–Crippen MR) is 84.1 cm³/mol. The minimum absolute atomic E-state index is 0.0958. The fourth-order valence-electron chi connectivity index (χ4n) is 6.14. The predicted octanol–water partition coefficient (Wildman–Crippen LogP) is 2.77. The molecule has 0 aromatic rings. The molecule has 2 N–H and O–H groups in total. The summed E-state index contributed by atoms with van der Waals surface area (Å²) >= 11 is 0. The smallest absolute Gasteiger partial charge is 0.178 e. The molecule has 3 fully saturated rings. The van der Waals surface area contributed by atoms with Gasteiger partial charge in [0.2, 0.25) is 0 Å². The summed E-state index contributed by atoms with van der Waals surface area (Å²) in [6.45, 7) is 4.31. The molecule has 3 saturated carbocycles. The van der Waals surface area contributed by atoms with E-state index in [0.717, 1.165) is 25.7 Å². The zero-order valence-electron chi connectivity index (χ0n) is 13.5. The number of allylic oxidation sites excluding steroid dienone is 4. The minimum atomic E-state index is -0.751. The average Bonchev–Trinajstić information content (AvgIpc) is 2.72. The number of ketones is 1. The van der Waals surface area contributed by atoms with E-state index in [1.165, 1.54) is 5.57 Å². The van der Waals surface area contributed by atoms with Gasteiger partial charge in [-0.1, -0.05) is 25.5 Å². The van der Waals surface area contributed by atoms with Gasteiger partial charge in [-0.25, -0.2) is 0 Å². The zero-order chi connectivity index (χ0) is 15.8. The molecular formula is C19H26O3. The molecule has 3 nitrogen and oxygen atoms in total. The molecule has 0 heterocycles. The molecular weight excluding hydrogens is 276 g/mol. The van der Waals surface area contributed by atoms with Gasteiger partial charge in [0, 0.05) is 10.8 Å². The molecule has 0 spiro atoms. The standard InChI is InChI=1S/C19H26O3/c1-17-8-5-13(20)11-12(17)3-4-15-14(17)6-9-18(2)16(21)7-10-19(15,18)22/h5,8,11,14-16,21-22H,3-4,6-7,9-10H2,1-2H3/t14-,15+,16+,17+,18-,19-/m1/s1. The number of rotatable bonds is 0. The Morgan fingerprint density at radius 2 is 1.91 bits per heavy atom. The molecule has 0 aromatic carbocycles. The molecule has 4 aliphatic carbocycles. The Labute approximate surface area is 132 Å². The Balaban J connectivity index is 1.76. The van der Waals surface area contributed by atoms with Gasteiger partial charge in [0.25, 0.3) is 0 Å². The van der Waals surface area contributed by atoms with E-state index in [1.54, 1.807) is 6.08 Å². The molecule has 22 heavy (non-hydrogen) atoms. The maximum absolute atomic E-state index is 11.7. The van der Waals surface area contributed by atoms with Gasteiger partial charge in [-0.2, -0.15) is 0 Å². The van der Waals surface area contributed by atoms with Gasteiger partial charge in [0.15, 0.2) is 5.78 Å². The Bertz CT molecular complexity index is 591. The first kappa shape index (κ1) is 14.6. The fourth-order valence-corrected chi connectivity index (χ4v) is 6.14. The van der Waals surface area contributed by atoms with Gasteiger partial charge < -0.3 is 10.2 Å². The highest BCUT2D eigenvalue weighted by molar-refractivity contribution is 6.01. The van der Waals surface area contributed by atoms with Crippen LogP contribution >= 0.6 is 0 Å². The Morgan fingerprint density at radius 1 is 1.14 bits per heavy atom. The molecule has 0 amide bonds. The summed E-state index contributed by atoms with van der Waals surface area (Å²) in [7, 11) is 0. The van der Waals surface area contributed by atoms with Crippen molar-refractivity contribution in [1.82, 2.24) is 0 Å². The lowest BCUT2D eigenvalue weighted by molar-refractivity contribution is -0.187. The van der Waals surface area contributed by atoms with Crippen molar-refractivity contribution in [2.45, 2.75) is 64.1 Å². The first-order valence-corrected chi connectivity index (χ1v) is 8.66. The number of hydrogen-bond donors (Lipinski definition) is 2. The number of carbonyl (C=O) groups excluding carboxylic acids is 1. The molecule has 0 bridgehead atoms. The van der Waals surface area contributed by atoms with Gasteiger partial charge >= 0.3 is 0 Å². The van der Waals surface area contributed by atoms with Crippen molar-refractivity contribution < 1.29 is 15.0 Å². The van der Waals surface area contributed by atoms with E-state index in [-0.39, 0.29) is 28.6 Å². The van der Waals surface area contributed by atoms with Crippen molar-refractivity contribution in [1.29, 1.82) is 0 Å². The van der Waals surface area contributed by atoms with Crippen molar-refractivity contribution in [3.05, 3.63) is 23.8 Å². The van der Waals surface area contributed by atoms with Gasteiger partial charge in [-0.15, -0.1) is 0 Å². The largest absolute Gasteiger partial charge is 0.392 e. The molecule has 0 aliphatic heterocycles. The maximum atomic E-state index is 11.7. The van der Waals surface area contributed by atoms with E-state index in [1.807, 2.05) is 6.08 Å². The molecule has 0 radical (unpaired) electrons. The lowest BCUT2D eigenvalue weighted by Gasteiger charge is -2.60. The zero-order valence-corrected chi connectivity index (χ0v) is 13.5. The third kappa shape index (κ3) is 1.57. The van der Waals surface area contributed by atoms with Crippen LogP contribution in [-0.2, 0) is 4.79 Å². The van der Waals surface area contributed by atoms with Crippen molar-refractivity contribution in [2.24, 2.45) is 22.7 Å². The first-order valence-electron chi connectivity index (χ1n) is 8.66. The van der Waals surface area contributed by atoms with Gasteiger partial charge in [-0.05, 0) is 62.5 Å². The van der Waals surface area contributed by atoms with E-state index in [4.69, 9.17) is 0 Å². The van der Waals surface area contributed by atoms with Crippen LogP contribution in [0, 0.1) is 22.7 Å². The molecule has 4 aliphatic rings. The molecule has 0 unspecified atom stereocenters. The van der Waals surface area contributed by atoms with Crippen LogP contribution in [0.2, 0.25) is 0 Å². The average molecular weight is 302 g/mol. The summed E-state index contributed by atoms with van der Waals surface area (Å²) in [6.07, 6.45) is 10.4. The lowest BCUT2D eigenvalue weighted by atomic mass is 9.47. The molecule has 120 valence electrons. The van der Waals surface area contributed by atoms with Crippen LogP contribution < -0.4 is 0 Å². The van der Waals surface area contributed by atoms with Crippen molar-refractivity contribution >= 4 is 5.78 Å². The topological polar surface area (TPSA) is 57.5 Å². The second kappa shape index (κ2) is 4.33. The Hall–Kier alpha value is -0.930.